The smallest absolute Gasteiger partial charge is 0.267 e. The lowest BCUT2D eigenvalue weighted by molar-refractivity contribution is 0.935. The van der Waals surface area contributed by atoms with Crippen molar-refractivity contribution in [3.05, 3.63) is 82.8 Å². The van der Waals surface area contributed by atoms with Crippen molar-refractivity contribution in [1.82, 2.24) is 20.1 Å². The molecule has 3 aromatic rings. The lowest BCUT2D eigenvalue weighted by atomic mass is 10.2. The maximum atomic E-state index is 13.0. The van der Waals surface area contributed by atoms with Crippen LogP contribution in [-0.2, 0) is 0 Å². The van der Waals surface area contributed by atoms with Crippen LogP contribution in [0.2, 0.25) is 0 Å². The summed E-state index contributed by atoms with van der Waals surface area (Å²) in [5.74, 6) is 0. The molecule has 28 heavy (non-hydrogen) atoms. The maximum absolute atomic E-state index is 13.0. The van der Waals surface area contributed by atoms with E-state index < -0.39 is 0 Å². The van der Waals surface area contributed by atoms with Gasteiger partial charge in [0.15, 0.2) is 5.11 Å². The summed E-state index contributed by atoms with van der Waals surface area (Å²) in [4.78, 5) is 18.6. The number of rotatable bonds is 6. The Morgan fingerprint density at radius 1 is 1.32 bits per heavy atom. The molecule has 0 atom stereocenters. The van der Waals surface area contributed by atoms with Crippen molar-refractivity contribution >= 4 is 41.0 Å². The van der Waals surface area contributed by atoms with E-state index in [-0.39, 0.29) is 5.56 Å². The SMILES string of the molecule is C=CCNC(=S)NN=Cc1c(Sc2ccc(C)cc2)nc2ccccn2c1=O. The average molecular weight is 410 g/mol. The molecule has 2 N–H and O–H groups in total. The second-order valence-electron chi connectivity index (χ2n) is 5.85. The predicted molar refractivity (Wildman–Crippen MR) is 118 cm³/mol. The fraction of sp³-hybridized carbons (Fsp3) is 0.100. The van der Waals surface area contributed by atoms with Crippen LogP contribution in [0.5, 0.6) is 0 Å². The monoisotopic (exact) mass is 409 g/mol. The third kappa shape index (κ3) is 4.85. The van der Waals surface area contributed by atoms with Crippen LogP contribution in [0.15, 0.2) is 81.1 Å². The number of benzene rings is 1. The minimum Gasteiger partial charge on any atom is -0.358 e. The van der Waals surface area contributed by atoms with Crippen LogP contribution in [0, 0.1) is 6.92 Å². The van der Waals surface area contributed by atoms with E-state index in [2.05, 4.69) is 27.4 Å². The fourth-order valence-electron chi connectivity index (χ4n) is 2.35. The molecule has 142 valence electrons. The van der Waals surface area contributed by atoms with Gasteiger partial charge in [0, 0.05) is 17.6 Å². The number of nitrogens with one attached hydrogen (secondary N) is 2. The van der Waals surface area contributed by atoms with Gasteiger partial charge in [0.25, 0.3) is 5.56 Å². The second-order valence-corrected chi connectivity index (χ2v) is 7.32. The largest absolute Gasteiger partial charge is 0.358 e. The highest BCUT2D eigenvalue weighted by atomic mass is 32.2. The first-order valence-corrected chi connectivity index (χ1v) is 9.74. The molecule has 0 saturated carbocycles. The van der Waals surface area contributed by atoms with E-state index in [4.69, 9.17) is 12.2 Å². The summed E-state index contributed by atoms with van der Waals surface area (Å²) in [6, 6.07) is 13.5. The number of thiocarbonyl (C=S) groups is 1. The molecule has 0 aliphatic carbocycles. The molecule has 8 heteroatoms. The first kappa shape index (κ1) is 19.8. The molecule has 6 nitrogen and oxygen atoms in total. The maximum Gasteiger partial charge on any atom is 0.267 e. The number of aromatic nitrogens is 2. The van der Waals surface area contributed by atoms with E-state index in [0.29, 0.717) is 27.9 Å². The third-order valence-corrected chi connectivity index (χ3v) is 4.98. The molecule has 3 rings (SSSR count). The van der Waals surface area contributed by atoms with Gasteiger partial charge in [-0.2, -0.15) is 5.10 Å². The number of hydrogen-bond donors (Lipinski definition) is 2. The van der Waals surface area contributed by atoms with E-state index in [9.17, 15) is 4.79 Å². The quantitative estimate of drug-likeness (QED) is 0.214. The summed E-state index contributed by atoms with van der Waals surface area (Å²) in [7, 11) is 0. The molecule has 1 aromatic carbocycles. The molecule has 0 amide bonds. The Morgan fingerprint density at radius 3 is 2.86 bits per heavy atom. The van der Waals surface area contributed by atoms with Crippen LogP contribution < -0.4 is 16.3 Å². The van der Waals surface area contributed by atoms with Gasteiger partial charge in [-0.3, -0.25) is 14.6 Å². The highest BCUT2D eigenvalue weighted by Gasteiger charge is 2.12. The van der Waals surface area contributed by atoms with Gasteiger partial charge in [-0.25, -0.2) is 4.98 Å². The van der Waals surface area contributed by atoms with Crippen molar-refractivity contribution in [2.24, 2.45) is 5.10 Å². The van der Waals surface area contributed by atoms with Crippen molar-refractivity contribution < 1.29 is 0 Å². The lowest BCUT2D eigenvalue weighted by Gasteiger charge is -2.08. The van der Waals surface area contributed by atoms with Gasteiger partial charge in [-0.15, -0.1) is 6.58 Å². The van der Waals surface area contributed by atoms with Gasteiger partial charge in [-0.1, -0.05) is 41.6 Å². The number of aryl methyl sites for hydroxylation is 1. The normalized spacial score (nSPS) is 10.9. The minimum absolute atomic E-state index is 0.198. The molecule has 0 spiro atoms. The summed E-state index contributed by atoms with van der Waals surface area (Å²) in [5, 5.41) is 7.93. The molecule has 0 fully saturated rings. The highest BCUT2D eigenvalue weighted by Crippen LogP contribution is 2.27. The van der Waals surface area contributed by atoms with Gasteiger partial charge in [0.2, 0.25) is 0 Å². The van der Waals surface area contributed by atoms with Crippen LogP contribution in [0.25, 0.3) is 5.65 Å². The number of hydrogen-bond acceptors (Lipinski definition) is 5. The molecule has 0 aliphatic heterocycles. The first-order valence-electron chi connectivity index (χ1n) is 8.52. The Labute approximate surface area is 172 Å². The summed E-state index contributed by atoms with van der Waals surface area (Å²) in [6.07, 6.45) is 4.83. The van der Waals surface area contributed by atoms with Crippen molar-refractivity contribution in [2.75, 3.05) is 6.54 Å². The Balaban J connectivity index is 1.96. The Morgan fingerprint density at radius 2 is 2.11 bits per heavy atom. The number of fused-ring (bicyclic) bond motifs is 1. The number of pyridine rings is 1. The summed E-state index contributed by atoms with van der Waals surface area (Å²) >= 11 is 6.53. The van der Waals surface area contributed by atoms with Gasteiger partial charge >= 0.3 is 0 Å². The van der Waals surface area contributed by atoms with Crippen LogP contribution in [0.3, 0.4) is 0 Å². The Bertz CT molecular complexity index is 1090. The third-order valence-electron chi connectivity index (χ3n) is 3.74. The van der Waals surface area contributed by atoms with Gasteiger partial charge < -0.3 is 5.32 Å². The van der Waals surface area contributed by atoms with Gasteiger partial charge in [0.05, 0.1) is 11.8 Å². The Hall–Kier alpha value is -2.97. The predicted octanol–water partition coefficient (Wildman–Crippen LogP) is 3.14. The fourth-order valence-corrected chi connectivity index (χ4v) is 3.37. The van der Waals surface area contributed by atoms with Crippen molar-refractivity contribution in [3.8, 4) is 0 Å². The first-order chi connectivity index (χ1) is 13.6. The minimum atomic E-state index is -0.198. The molecule has 0 bridgehead atoms. The van der Waals surface area contributed by atoms with E-state index in [1.165, 1.54) is 27.9 Å². The molecule has 2 aromatic heterocycles. The number of nitrogens with zero attached hydrogens (tertiary/aromatic N) is 3. The summed E-state index contributed by atoms with van der Waals surface area (Å²) in [5.41, 5.74) is 4.63. The van der Waals surface area contributed by atoms with Crippen LogP contribution >= 0.6 is 24.0 Å². The van der Waals surface area contributed by atoms with Crippen molar-refractivity contribution in [1.29, 1.82) is 0 Å². The van der Waals surface area contributed by atoms with E-state index in [1.54, 1.807) is 24.4 Å². The van der Waals surface area contributed by atoms with Gasteiger partial charge in [0.1, 0.15) is 10.7 Å². The standard InChI is InChI=1S/C20H19N5OS2/c1-3-11-21-20(27)24-22-13-16-18(28-15-9-7-14(2)8-10-15)23-17-6-4-5-12-25(17)19(16)26/h3-10,12-13H,1,11H2,2H3,(H2,21,24,27). The second kappa shape index (κ2) is 9.29. The van der Waals surface area contributed by atoms with Gasteiger partial charge in [-0.05, 0) is 43.4 Å². The number of hydrazone groups is 1. The Kier molecular flexibility index (Phi) is 6.57. The molecule has 0 unspecified atom stereocenters. The molecule has 0 radical (unpaired) electrons. The zero-order chi connectivity index (χ0) is 19.9. The van der Waals surface area contributed by atoms with Crippen molar-refractivity contribution in [2.45, 2.75) is 16.8 Å². The summed E-state index contributed by atoms with van der Waals surface area (Å²) < 4.78 is 1.49. The van der Waals surface area contributed by atoms with Crippen molar-refractivity contribution in [3.63, 3.8) is 0 Å². The summed E-state index contributed by atoms with van der Waals surface area (Å²) in [6.45, 7) is 6.17. The van der Waals surface area contributed by atoms with E-state index in [1.807, 2.05) is 37.3 Å². The van der Waals surface area contributed by atoms with Crippen LogP contribution in [0.4, 0.5) is 0 Å². The van der Waals surface area contributed by atoms with E-state index in [0.717, 1.165) is 4.90 Å². The van der Waals surface area contributed by atoms with Crippen LogP contribution in [-0.4, -0.2) is 27.3 Å². The molecular weight excluding hydrogens is 390 g/mol. The molecule has 2 heterocycles. The topological polar surface area (TPSA) is 70.8 Å². The van der Waals surface area contributed by atoms with Crippen LogP contribution in [0.1, 0.15) is 11.1 Å². The lowest BCUT2D eigenvalue weighted by Crippen LogP contribution is -2.32. The molecule has 0 saturated heterocycles. The zero-order valence-electron chi connectivity index (χ0n) is 15.3. The van der Waals surface area contributed by atoms with E-state index >= 15 is 0 Å². The molecule has 0 aliphatic rings. The highest BCUT2D eigenvalue weighted by molar-refractivity contribution is 7.99. The molecular formula is C20H19N5OS2. The average Bonchev–Trinajstić information content (AvgIpc) is 2.70. The zero-order valence-corrected chi connectivity index (χ0v) is 16.9.